The summed E-state index contributed by atoms with van der Waals surface area (Å²) in [5.41, 5.74) is 2.21. The van der Waals surface area contributed by atoms with E-state index in [1.807, 2.05) is 31.2 Å². The third-order valence-corrected chi connectivity index (χ3v) is 3.40. The molecule has 0 unspecified atom stereocenters. The smallest absolute Gasteiger partial charge is 0.124 e. The molecule has 0 aliphatic heterocycles. The number of ether oxygens (including phenoxy) is 1. The van der Waals surface area contributed by atoms with Crippen molar-refractivity contribution < 1.29 is 9.15 Å². The van der Waals surface area contributed by atoms with Crippen LogP contribution in [0.3, 0.4) is 0 Å². The molecule has 0 saturated heterocycles. The minimum Gasteiger partial charge on any atom is -0.488 e. The highest BCUT2D eigenvalue weighted by atomic mass is 79.9. The second-order valence-electron chi connectivity index (χ2n) is 4.35. The van der Waals surface area contributed by atoms with Crippen LogP contribution in [0.1, 0.15) is 23.8 Å². The van der Waals surface area contributed by atoms with Crippen molar-refractivity contribution in [1.29, 1.82) is 0 Å². The maximum absolute atomic E-state index is 5.86. The van der Waals surface area contributed by atoms with E-state index in [1.54, 1.807) is 6.26 Å². The first-order chi connectivity index (χ1) is 9.20. The van der Waals surface area contributed by atoms with E-state index in [-0.39, 0.29) is 0 Å². The van der Waals surface area contributed by atoms with Crippen molar-refractivity contribution in [3.05, 3.63) is 51.9 Å². The maximum atomic E-state index is 5.86. The van der Waals surface area contributed by atoms with Crippen LogP contribution in [-0.4, -0.2) is 6.54 Å². The molecule has 0 bridgehead atoms. The van der Waals surface area contributed by atoms with Crippen molar-refractivity contribution >= 4 is 15.9 Å². The van der Waals surface area contributed by atoms with Crippen molar-refractivity contribution in [3.8, 4) is 5.75 Å². The zero-order valence-corrected chi connectivity index (χ0v) is 12.8. The SMILES string of the molecule is CCNCc1occc1COc1cc(Br)ccc1C. The summed E-state index contributed by atoms with van der Waals surface area (Å²) in [6.07, 6.45) is 1.71. The molecule has 19 heavy (non-hydrogen) atoms. The Bertz CT molecular complexity index is 537. The van der Waals surface area contributed by atoms with Gasteiger partial charge in [-0.1, -0.05) is 28.9 Å². The van der Waals surface area contributed by atoms with E-state index < -0.39 is 0 Å². The van der Waals surface area contributed by atoms with E-state index >= 15 is 0 Å². The van der Waals surface area contributed by atoms with Crippen LogP contribution in [0.5, 0.6) is 5.75 Å². The Morgan fingerprint density at radius 1 is 1.32 bits per heavy atom. The average Bonchev–Trinajstić information content (AvgIpc) is 2.85. The zero-order chi connectivity index (χ0) is 13.7. The Balaban J connectivity index is 2.02. The van der Waals surface area contributed by atoms with E-state index in [2.05, 4.69) is 28.2 Å². The van der Waals surface area contributed by atoms with Gasteiger partial charge in [0, 0.05) is 10.0 Å². The number of furan rings is 1. The first-order valence-corrected chi connectivity index (χ1v) is 7.15. The van der Waals surface area contributed by atoms with E-state index in [0.717, 1.165) is 40.2 Å². The topological polar surface area (TPSA) is 34.4 Å². The minimum atomic E-state index is 0.522. The van der Waals surface area contributed by atoms with E-state index in [0.29, 0.717) is 6.61 Å². The van der Waals surface area contributed by atoms with Gasteiger partial charge in [-0.25, -0.2) is 0 Å². The van der Waals surface area contributed by atoms with Crippen LogP contribution in [0.2, 0.25) is 0 Å². The highest BCUT2D eigenvalue weighted by Crippen LogP contribution is 2.24. The number of benzene rings is 1. The average molecular weight is 324 g/mol. The van der Waals surface area contributed by atoms with Crippen LogP contribution in [0.15, 0.2) is 39.4 Å². The van der Waals surface area contributed by atoms with Gasteiger partial charge in [-0.3, -0.25) is 0 Å². The van der Waals surface area contributed by atoms with Gasteiger partial charge in [-0.15, -0.1) is 0 Å². The second-order valence-corrected chi connectivity index (χ2v) is 5.26. The second kappa shape index (κ2) is 6.78. The largest absolute Gasteiger partial charge is 0.488 e. The summed E-state index contributed by atoms with van der Waals surface area (Å²) >= 11 is 3.46. The van der Waals surface area contributed by atoms with Gasteiger partial charge in [0.1, 0.15) is 18.1 Å². The minimum absolute atomic E-state index is 0.522. The lowest BCUT2D eigenvalue weighted by atomic mass is 10.2. The van der Waals surface area contributed by atoms with Crippen molar-refractivity contribution in [2.45, 2.75) is 27.0 Å². The summed E-state index contributed by atoms with van der Waals surface area (Å²) in [5, 5.41) is 3.25. The molecule has 1 aromatic carbocycles. The number of hydrogen-bond donors (Lipinski definition) is 1. The molecule has 1 N–H and O–H groups in total. The zero-order valence-electron chi connectivity index (χ0n) is 11.2. The van der Waals surface area contributed by atoms with E-state index in [4.69, 9.17) is 9.15 Å². The summed E-state index contributed by atoms with van der Waals surface area (Å²) in [5.74, 6) is 1.83. The van der Waals surface area contributed by atoms with Crippen LogP contribution < -0.4 is 10.1 Å². The molecule has 2 aromatic rings. The van der Waals surface area contributed by atoms with E-state index in [1.165, 1.54) is 0 Å². The molecule has 0 aliphatic rings. The fourth-order valence-corrected chi connectivity index (χ4v) is 2.11. The van der Waals surface area contributed by atoms with Gasteiger partial charge in [-0.2, -0.15) is 0 Å². The van der Waals surface area contributed by atoms with Crippen molar-refractivity contribution in [2.24, 2.45) is 0 Å². The lowest BCUT2D eigenvalue weighted by Gasteiger charge is -2.09. The molecule has 0 radical (unpaired) electrons. The predicted molar refractivity (Wildman–Crippen MR) is 79.3 cm³/mol. The molecule has 0 amide bonds. The number of rotatable bonds is 6. The predicted octanol–water partition coefficient (Wildman–Crippen LogP) is 4.04. The highest BCUT2D eigenvalue weighted by molar-refractivity contribution is 9.10. The number of nitrogens with one attached hydrogen (secondary N) is 1. The molecule has 0 aliphatic carbocycles. The third-order valence-electron chi connectivity index (χ3n) is 2.91. The Kier molecular flexibility index (Phi) is 5.05. The molecule has 0 spiro atoms. The number of halogens is 1. The van der Waals surface area contributed by atoms with Gasteiger partial charge >= 0.3 is 0 Å². The molecule has 3 nitrogen and oxygen atoms in total. The molecular formula is C15H18BrNO2. The standard InChI is InChI=1S/C15H18BrNO2/c1-3-17-9-15-12(6-7-18-15)10-19-14-8-13(16)5-4-11(14)2/h4-8,17H,3,9-10H2,1-2H3. The summed E-state index contributed by atoms with van der Waals surface area (Å²) in [4.78, 5) is 0. The van der Waals surface area contributed by atoms with Gasteiger partial charge < -0.3 is 14.5 Å². The summed E-state index contributed by atoms with van der Waals surface area (Å²) in [6.45, 7) is 6.29. The molecule has 102 valence electrons. The van der Waals surface area contributed by atoms with Crippen LogP contribution in [-0.2, 0) is 13.2 Å². The monoisotopic (exact) mass is 323 g/mol. The molecule has 2 rings (SSSR count). The fraction of sp³-hybridized carbons (Fsp3) is 0.333. The van der Waals surface area contributed by atoms with Crippen LogP contribution in [0.4, 0.5) is 0 Å². The number of aryl methyl sites for hydroxylation is 1. The molecular weight excluding hydrogens is 306 g/mol. The van der Waals surface area contributed by atoms with Crippen LogP contribution in [0, 0.1) is 6.92 Å². The molecule has 0 saturated carbocycles. The lowest BCUT2D eigenvalue weighted by molar-refractivity contribution is 0.299. The van der Waals surface area contributed by atoms with Crippen molar-refractivity contribution in [3.63, 3.8) is 0 Å². The highest BCUT2D eigenvalue weighted by Gasteiger charge is 2.08. The van der Waals surface area contributed by atoms with E-state index in [9.17, 15) is 0 Å². The lowest BCUT2D eigenvalue weighted by Crippen LogP contribution is -2.12. The van der Waals surface area contributed by atoms with Gasteiger partial charge in [0.25, 0.3) is 0 Å². The molecule has 0 atom stereocenters. The van der Waals surface area contributed by atoms with Gasteiger partial charge in [0.05, 0.1) is 12.8 Å². The maximum Gasteiger partial charge on any atom is 0.124 e. The third kappa shape index (κ3) is 3.85. The molecule has 0 fully saturated rings. The van der Waals surface area contributed by atoms with Crippen LogP contribution >= 0.6 is 15.9 Å². The van der Waals surface area contributed by atoms with Crippen molar-refractivity contribution in [1.82, 2.24) is 5.32 Å². The van der Waals surface area contributed by atoms with Crippen LogP contribution in [0.25, 0.3) is 0 Å². The first-order valence-electron chi connectivity index (χ1n) is 6.35. The summed E-state index contributed by atoms with van der Waals surface area (Å²) in [7, 11) is 0. The fourth-order valence-electron chi connectivity index (χ4n) is 1.77. The van der Waals surface area contributed by atoms with Gasteiger partial charge in [0.15, 0.2) is 0 Å². The first kappa shape index (κ1) is 14.2. The van der Waals surface area contributed by atoms with Gasteiger partial charge in [-0.05, 0) is 37.2 Å². The Morgan fingerprint density at radius 3 is 2.95 bits per heavy atom. The molecule has 4 heteroatoms. The normalized spacial score (nSPS) is 10.7. The summed E-state index contributed by atoms with van der Waals surface area (Å²) in [6, 6.07) is 7.99. The Labute approximate surface area is 122 Å². The van der Waals surface area contributed by atoms with Crippen molar-refractivity contribution in [2.75, 3.05) is 6.54 Å². The Hall–Kier alpha value is -1.26. The summed E-state index contributed by atoms with van der Waals surface area (Å²) < 4.78 is 12.3. The molecule has 1 heterocycles. The van der Waals surface area contributed by atoms with Gasteiger partial charge in [0.2, 0.25) is 0 Å². The number of hydrogen-bond acceptors (Lipinski definition) is 3. The molecule has 1 aromatic heterocycles. The Morgan fingerprint density at radius 2 is 2.16 bits per heavy atom. The quantitative estimate of drug-likeness (QED) is 0.871.